The molecule has 0 saturated heterocycles. The predicted octanol–water partition coefficient (Wildman–Crippen LogP) is 22.5. The topological polar surface area (TPSA) is 13.1 Å². The van der Waals surface area contributed by atoms with Gasteiger partial charge in [-0.25, -0.2) is 0 Å². The third-order valence-corrected chi connectivity index (χ3v) is 19.2. The molecule has 2 aliphatic rings. The van der Waals surface area contributed by atoms with E-state index < -0.39 is 5.41 Å². The highest BCUT2D eigenvalue weighted by Crippen LogP contribution is 2.58. The second-order valence-corrected chi connectivity index (χ2v) is 24.5. The molecule has 0 radical (unpaired) electrons. The number of para-hydroxylation sites is 6. The Morgan fingerprint density at radius 1 is 0.242 bits per heavy atom. The normalized spacial score (nSPS) is 13.2. The quantitative estimate of drug-likeness (QED) is 0.155. The molecular formula is C87H62BrN3. The summed E-state index contributed by atoms with van der Waals surface area (Å²) in [7, 11) is 0. The minimum atomic E-state index is -0.473. The van der Waals surface area contributed by atoms with Gasteiger partial charge in [-0.1, -0.05) is 295 Å². The number of fused-ring (bicyclic) bond motifs is 10. The number of aromatic nitrogens is 2. The molecule has 3 nitrogen and oxygen atoms in total. The maximum atomic E-state index is 3.57. The van der Waals surface area contributed by atoms with Crippen LogP contribution in [0.25, 0.3) is 55.0 Å². The Morgan fingerprint density at radius 2 is 0.560 bits per heavy atom. The zero-order chi connectivity index (χ0) is 60.7. The molecule has 0 fully saturated rings. The van der Waals surface area contributed by atoms with Crippen molar-refractivity contribution >= 4 is 76.6 Å². The molecule has 432 valence electrons. The van der Waals surface area contributed by atoms with E-state index in [0.29, 0.717) is 0 Å². The Balaban J connectivity index is 0.000000121. The van der Waals surface area contributed by atoms with Gasteiger partial charge < -0.3 is 14.0 Å². The van der Waals surface area contributed by atoms with Gasteiger partial charge in [0.2, 0.25) is 0 Å². The minimum absolute atomic E-state index is 0.270. The van der Waals surface area contributed by atoms with Gasteiger partial charge in [0.25, 0.3) is 0 Å². The molecule has 0 bridgehead atoms. The number of benzene rings is 14. The minimum Gasteiger partial charge on any atom is -0.310 e. The summed E-state index contributed by atoms with van der Waals surface area (Å²) >= 11 is 3.57. The van der Waals surface area contributed by atoms with Crippen LogP contribution < -0.4 is 4.90 Å². The van der Waals surface area contributed by atoms with Gasteiger partial charge in [-0.3, -0.25) is 0 Å². The van der Waals surface area contributed by atoms with Crippen molar-refractivity contribution in [2.24, 2.45) is 0 Å². The molecule has 1 aliphatic heterocycles. The van der Waals surface area contributed by atoms with Gasteiger partial charge >= 0.3 is 0 Å². The van der Waals surface area contributed by atoms with Crippen molar-refractivity contribution < 1.29 is 0 Å². The first-order valence-electron chi connectivity index (χ1n) is 31.3. The largest absolute Gasteiger partial charge is 0.310 e. The fourth-order valence-electron chi connectivity index (χ4n) is 15.0. The Hall–Kier alpha value is -11.0. The van der Waals surface area contributed by atoms with Gasteiger partial charge in [0.1, 0.15) is 0 Å². The first-order valence-corrected chi connectivity index (χ1v) is 32.1. The van der Waals surface area contributed by atoms with E-state index in [1.807, 2.05) is 6.07 Å². The van der Waals surface area contributed by atoms with Crippen LogP contribution in [-0.4, -0.2) is 9.13 Å². The third-order valence-electron chi connectivity index (χ3n) is 18.7. The van der Waals surface area contributed by atoms with E-state index in [2.05, 4.69) is 388 Å². The summed E-state index contributed by atoms with van der Waals surface area (Å²) in [5.41, 5.74) is 23.4. The lowest BCUT2D eigenvalue weighted by molar-refractivity contribution is 0.703. The zero-order valence-corrected chi connectivity index (χ0v) is 51.7. The van der Waals surface area contributed by atoms with Crippen molar-refractivity contribution in [2.45, 2.75) is 17.3 Å². The molecule has 0 N–H and O–H groups in total. The lowest BCUT2D eigenvalue weighted by Gasteiger charge is -2.46. The highest BCUT2D eigenvalue weighted by molar-refractivity contribution is 9.10. The lowest BCUT2D eigenvalue weighted by Crippen LogP contribution is -2.37. The van der Waals surface area contributed by atoms with Crippen molar-refractivity contribution in [3.63, 3.8) is 0 Å². The maximum absolute atomic E-state index is 3.57. The number of hydrogen-bond acceptors (Lipinski definition) is 1. The van der Waals surface area contributed by atoms with Gasteiger partial charge in [0.05, 0.1) is 44.3 Å². The van der Waals surface area contributed by atoms with Crippen LogP contribution in [0.15, 0.2) is 368 Å². The van der Waals surface area contributed by atoms with Gasteiger partial charge in [-0.15, -0.1) is 0 Å². The lowest BCUT2D eigenvalue weighted by atomic mass is 9.60. The van der Waals surface area contributed by atoms with Crippen LogP contribution in [0.1, 0.15) is 55.6 Å². The van der Waals surface area contributed by atoms with Gasteiger partial charge in [-0.05, 0) is 147 Å². The highest BCUT2D eigenvalue weighted by atomic mass is 79.9. The summed E-state index contributed by atoms with van der Waals surface area (Å²) in [5.74, 6) is 0. The first kappa shape index (κ1) is 55.3. The van der Waals surface area contributed by atoms with Crippen molar-refractivity contribution in [2.75, 3.05) is 4.90 Å². The average molecular weight is 1230 g/mol. The monoisotopic (exact) mass is 1230 g/mol. The predicted molar refractivity (Wildman–Crippen MR) is 383 cm³/mol. The van der Waals surface area contributed by atoms with Crippen LogP contribution in [-0.2, 0) is 17.3 Å². The molecule has 0 saturated carbocycles. The fraction of sp³-hybridized carbons (Fsp3) is 0.0345. The van der Waals surface area contributed by atoms with Gasteiger partial charge in [0.15, 0.2) is 0 Å². The third kappa shape index (κ3) is 9.24. The summed E-state index contributed by atoms with van der Waals surface area (Å²) in [6, 6.07) is 131. The SMILES string of the molecule is Brc1ccc2c(c1)c1ccccc1n2-c1ccccc1.c1ccc(-n2c3ccccc3c3cc(N4c5ccccc5C(c5ccccc5)(c5ccccc5)c5ccccc54)ccc32)cc1.c1ccc(C2(c3ccccc3)c3ccccc3Cc3ccccc32)cc1. The van der Waals surface area contributed by atoms with E-state index in [0.717, 1.165) is 16.6 Å². The number of nitrogens with zero attached hydrogens (tertiary/aromatic N) is 3. The van der Waals surface area contributed by atoms with Crippen molar-refractivity contribution in [1.29, 1.82) is 0 Å². The Kier molecular flexibility index (Phi) is 14.3. The average Bonchev–Trinajstić information content (AvgIpc) is 1.21. The van der Waals surface area contributed by atoms with Crippen LogP contribution in [0.5, 0.6) is 0 Å². The second kappa shape index (κ2) is 23.5. The standard InChI is InChI=1S/C43H30N2.C26H20.C18H12BrN/c1-4-16-31(17-5-1)43(32-18-6-2-7-19-32)37-23-11-14-26-41(37)45(42-27-15-12-24-38(42)43)34-28-29-40-36(30-34)35-22-10-13-25-39(35)44(40)33-20-8-3-9-21-33;1-3-13-22(14-4-1)26(23-15-5-2-6-16-23)24-17-9-7-11-20(24)19-21-12-8-10-18-25(21)26;19-13-10-11-18-16(12-13)15-8-4-5-9-17(15)20(18)14-6-2-1-3-7-14/h1-30H;1-18H,19H2;1-12H. The van der Waals surface area contributed by atoms with Gasteiger partial charge in [0, 0.05) is 43.1 Å². The smallest absolute Gasteiger partial charge is 0.0742 e. The van der Waals surface area contributed by atoms with Crippen molar-refractivity contribution in [3.05, 3.63) is 424 Å². The molecule has 0 atom stereocenters. The van der Waals surface area contributed by atoms with Gasteiger partial charge in [-0.2, -0.15) is 0 Å². The summed E-state index contributed by atoms with van der Waals surface area (Å²) in [5, 5.41) is 5.05. The first-order chi connectivity index (χ1) is 45.1. The number of rotatable bonds is 7. The highest BCUT2D eigenvalue weighted by Gasteiger charge is 2.47. The molecule has 0 amide bonds. The molecule has 4 heteroatoms. The van der Waals surface area contributed by atoms with E-state index in [9.17, 15) is 0 Å². The summed E-state index contributed by atoms with van der Waals surface area (Å²) in [4.78, 5) is 2.46. The second-order valence-electron chi connectivity index (χ2n) is 23.6. The molecule has 1 aliphatic carbocycles. The van der Waals surface area contributed by atoms with Crippen molar-refractivity contribution in [3.8, 4) is 11.4 Å². The Labute approximate surface area is 539 Å². The maximum Gasteiger partial charge on any atom is 0.0742 e. The molecular weight excluding hydrogens is 1170 g/mol. The van der Waals surface area contributed by atoms with Crippen LogP contribution in [0.3, 0.4) is 0 Å². The van der Waals surface area contributed by atoms with Crippen LogP contribution in [0, 0.1) is 0 Å². The number of hydrogen-bond donors (Lipinski definition) is 0. The molecule has 14 aromatic carbocycles. The van der Waals surface area contributed by atoms with E-state index in [1.165, 1.54) is 122 Å². The van der Waals surface area contributed by atoms with Crippen molar-refractivity contribution in [1.82, 2.24) is 9.13 Å². The summed E-state index contributed by atoms with van der Waals surface area (Å²) in [6.45, 7) is 0. The Bertz CT molecular complexity index is 5090. The van der Waals surface area contributed by atoms with Crippen LogP contribution in [0.2, 0.25) is 0 Å². The van der Waals surface area contributed by atoms with E-state index in [4.69, 9.17) is 0 Å². The molecule has 0 spiro atoms. The number of anilines is 3. The molecule has 0 unspecified atom stereocenters. The molecule has 18 rings (SSSR count). The molecule has 2 aromatic heterocycles. The van der Waals surface area contributed by atoms with Crippen LogP contribution in [0.4, 0.5) is 17.1 Å². The van der Waals surface area contributed by atoms with E-state index >= 15 is 0 Å². The van der Waals surface area contributed by atoms with E-state index in [1.54, 1.807) is 0 Å². The fourth-order valence-corrected chi connectivity index (χ4v) is 15.4. The summed E-state index contributed by atoms with van der Waals surface area (Å²) in [6.07, 6.45) is 0.994. The molecule has 3 heterocycles. The summed E-state index contributed by atoms with van der Waals surface area (Å²) < 4.78 is 5.81. The molecule has 91 heavy (non-hydrogen) atoms. The Morgan fingerprint density at radius 3 is 1.00 bits per heavy atom. The zero-order valence-electron chi connectivity index (χ0n) is 50.1. The van der Waals surface area contributed by atoms with Crippen LogP contribution >= 0.6 is 15.9 Å². The van der Waals surface area contributed by atoms with E-state index in [-0.39, 0.29) is 5.41 Å². The number of halogens is 1. The molecule has 16 aromatic rings.